The minimum absolute atomic E-state index is 0.174. The van der Waals surface area contributed by atoms with E-state index in [0.29, 0.717) is 22.7 Å². The van der Waals surface area contributed by atoms with Gasteiger partial charge in [0.15, 0.2) is 0 Å². The molecule has 0 fully saturated rings. The molecule has 0 heterocycles. The third kappa shape index (κ3) is 3.37. The largest absolute Gasteiger partial charge is 0.322 e. The maximum absolute atomic E-state index is 12.2. The third-order valence-electron chi connectivity index (χ3n) is 2.93. The molecule has 0 radical (unpaired) electrons. The van der Waals surface area contributed by atoms with Crippen LogP contribution in [0.5, 0.6) is 0 Å². The van der Waals surface area contributed by atoms with Gasteiger partial charge in [0.25, 0.3) is 5.91 Å². The summed E-state index contributed by atoms with van der Waals surface area (Å²) in [6.07, 6.45) is 0.366. The van der Waals surface area contributed by atoms with Crippen molar-refractivity contribution in [2.24, 2.45) is 0 Å². The number of carbonyl (C=O) groups excluding carboxylic acids is 1. The molecule has 0 aromatic heterocycles. The van der Waals surface area contributed by atoms with E-state index in [9.17, 15) is 4.79 Å². The number of nitriles is 1. The maximum Gasteiger partial charge on any atom is 0.255 e. The Morgan fingerprint density at radius 2 is 1.95 bits per heavy atom. The van der Waals surface area contributed by atoms with Crippen LogP contribution in [0, 0.1) is 18.3 Å². The molecule has 100 valence electrons. The lowest BCUT2D eigenvalue weighted by Gasteiger charge is -2.08. The van der Waals surface area contributed by atoms with Gasteiger partial charge in [-0.25, -0.2) is 0 Å². The number of halogens is 1. The van der Waals surface area contributed by atoms with Crippen LogP contribution in [-0.2, 0) is 6.42 Å². The summed E-state index contributed by atoms with van der Waals surface area (Å²) in [4.78, 5) is 12.2. The Morgan fingerprint density at radius 3 is 2.55 bits per heavy atom. The van der Waals surface area contributed by atoms with Crippen molar-refractivity contribution < 1.29 is 4.79 Å². The van der Waals surface area contributed by atoms with Crippen molar-refractivity contribution in [3.63, 3.8) is 0 Å². The molecular weight excluding hydrogens is 272 g/mol. The predicted molar refractivity (Wildman–Crippen MR) is 79.9 cm³/mol. The number of hydrogen-bond donors (Lipinski definition) is 1. The Kier molecular flexibility index (Phi) is 4.39. The van der Waals surface area contributed by atoms with Crippen LogP contribution in [0.15, 0.2) is 42.5 Å². The highest BCUT2D eigenvalue weighted by Crippen LogP contribution is 2.17. The molecule has 0 aliphatic rings. The molecule has 1 N–H and O–H groups in total. The fraction of sp³-hybridized carbons (Fsp3) is 0.125. The maximum atomic E-state index is 12.2. The van der Waals surface area contributed by atoms with Gasteiger partial charge in [0, 0.05) is 16.3 Å². The third-order valence-corrected chi connectivity index (χ3v) is 3.16. The average molecular weight is 285 g/mol. The fourth-order valence-electron chi connectivity index (χ4n) is 1.88. The quantitative estimate of drug-likeness (QED) is 0.927. The van der Waals surface area contributed by atoms with Crippen LogP contribution in [-0.4, -0.2) is 5.91 Å². The van der Waals surface area contributed by atoms with Gasteiger partial charge in [-0.15, -0.1) is 0 Å². The lowest BCUT2D eigenvalue weighted by molar-refractivity contribution is 0.102. The van der Waals surface area contributed by atoms with Gasteiger partial charge in [-0.05, 0) is 48.4 Å². The van der Waals surface area contributed by atoms with E-state index in [4.69, 9.17) is 16.9 Å². The van der Waals surface area contributed by atoms with Gasteiger partial charge in [-0.3, -0.25) is 4.79 Å². The number of hydrogen-bond acceptors (Lipinski definition) is 2. The molecule has 0 spiro atoms. The molecule has 1 amide bonds. The van der Waals surface area contributed by atoms with E-state index in [1.165, 1.54) is 0 Å². The fourth-order valence-corrected chi connectivity index (χ4v) is 2.10. The van der Waals surface area contributed by atoms with E-state index in [0.717, 1.165) is 11.1 Å². The molecule has 0 atom stereocenters. The van der Waals surface area contributed by atoms with Crippen molar-refractivity contribution in [2.75, 3.05) is 5.32 Å². The molecule has 0 aliphatic carbocycles. The lowest BCUT2D eigenvalue weighted by atomic mass is 10.1. The van der Waals surface area contributed by atoms with Crippen molar-refractivity contribution in [3.8, 4) is 6.07 Å². The second-order valence-corrected chi connectivity index (χ2v) is 4.88. The Labute approximate surface area is 122 Å². The molecule has 3 nitrogen and oxygen atoms in total. The Balaban J connectivity index is 2.13. The highest BCUT2D eigenvalue weighted by Gasteiger charge is 2.09. The van der Waals surface area contributed by atoms with Gasteiger partial charge in [-0.1, -0.05) is 23.7 Å². The molecule has 0 aliphatic heterocycles. The highest BCUT2D eigenvalue weighted by molar-refractivity contribution is 6.30. The van der Waals surface area contributed by atoms with E-state index in [2.05, 4.69) is 11.4 Å². The van der Waals surface area contributed by atoms with Gasteiger partial charge >= 0.3 is 0 Å². The number of benzene rings is 2. The molecule has 2 rings (SSSR count). The van der Waals surface area contributed by atoms with Crippen molar-refractivity contribution >= 4 is 23.2 Å². The van der Waals surface area contributed by atoms with E-state index < -0.39 is 0 Å². The molecule has 2 aromatic carbocycles. The Morgan fingerprint density at radius 1 is 1.25 bits per heavy atom. The topological polar surface area (TPSA) is 52.9 Å². The van der Waals surface area contributed by atoms with Gasteiger partial charge in [0.05, 0.1) is 12.5 Å². The Bertz CT molecular complexity index is 672. The van der Waals surface area contributed by atoms with Crippen LogP contribution in [0.4, 0.5) is 5.69 Å². The van der Waals surface area contributed by atoms with E-state index >= 15 is 0 Å². The smallest absolute Gasteiger partial charge is 0.255 e. The second kappa shape index (κ2) is 6.23. The average Bonchev–Trinajstić information content (AvgIpc) is 2.41. The van der Waals surface area contributed by atoms with Crippen molar-refractivity contribution in [1.29, 1.82) is 5.26 Å². The summed E-state index contributed by atoms with van der Waals surface area (Å²) in [5.41, 5.74) is 3.05. The summed E-state index contributed by atoms with van der Waals surface area (Å²) >= 11 is 5.87. The predicted octanol–water partition coefficient (Wildman–Crippen LogP) is 3.97. The highest BCUT2D eigenvalue weighted by atomic mass is 35.5. The summed E-state index contributed by atoms with van der Waals surface area (Å²) in [7, 11) is 0. The molecular formula is C16H13ClN2O. The summed E-state index contributed by atoms with van der Waals surface area (Å²) in [6.45, 7) is 1.84. The van der Waals surface area contributed by atoms with Gasteiger partial charge in [0.2, 0.25) is 0 Å². The minimum atomic E-state index is -0.174. The van der Waals surface area contributed by atoms with Crippen LogP contribution in [0.1, 0.15) is 21.5 Å². The molecule has 0 saturated heterocycles. The zero-order valence-electron chi connectivity index (χ0n) is 11.0. The summed E-state index contributed by atoms with van der Waals surface area (Å²) < 4.78 is 0. The molecule has 20 heavy (non-hydrogen) atoms. The monoisotopic (exact) mass is 284 g/mol. The van der Waals surface area contributed by atoms with Gasteiger partial charge in [0.1, 0.15) is 0 Å². The zero-order valence-corrected chi connectivity index (χ0v) is 11.7. The number of nitrogens with zero attached hydrogens (tertiary/aromatic N) is 1. The van der Waals surface area contributed by atoms with Crippen LogP contribution in [0.3, 0.4) is 0 Å². The number of amides is 1. The minimum Gasteiger partial charge on any atom is -0.322 e. The standard InChI is InChI=1S/C16H13ClN2O/c1-11-10-13(17)4-7-15(11)16(20)19-14-5-2-12(3-6-14)8-9-18/h2-7,10H,8H2,1H3,(H,19,20). The number of aryl methyl sites for hydroxylation is 1. The summed E-state index contributed by atoms with van der Waals surface area (Å²) in [5, 5.41) is 12.0. The van der Waals surface area contributed by atoms with Crippen molar-refractivity contribution in [2.45, 2.75) is 13.3 Å². The first-order valence-corrected chi connectivity index (χ1v) is 6.51. The number of nitrogens with one attached hydrogen (secondary N) is 1. The van der Waals surface area contributed by atoms with E-state index in [-0.39, 0.29) is 5.91 Å². The first kappa shape index (κ1) is 14.1. The van der Waals surface area contributed by atoms with E-state index in [1.807, 2.05) is 19.1 Å². The van der Waals surface area contributed by atoms with Crippen LogP contribution in [0.25, 0.3) is 0 Å². The molecule has 0 bridgehead atoms. The lowest BCUT2D eigenvalue weighted by Crippen LogP contribution is -2.13. The summed E-state index contributed by atoms with van der Waals surface area (Å²) in [5.74, 6) is -0.174. The number of rotatable bonds is 3. The van der Waals surface area contributed by atoms with Crippen LogP contribution in [0.2, 0.25) is 5.02 Å². The number of anilines is 1. The molecule has 2 aromatic rings. The van der Waals surface area contributed by atoms with Crippen LogP contribution >= 0.6 is 11.6 Å². The Hall–Kier alpha value is -2.31. The second-order valence-electron chi connectivity index (χ2n) is 4.45. The molecule has 4 heteroatoms. The van der Waals surface area contributed by atoms with Crippen molar-refractivity contribution in [3.05, 3.63) is 64.2 Å². The molecule has 0 saturated carbocycles. The van der Waals surface area contributed by atoms with Crippen LogP contribution < -0.4 is 5.32 Å². The van der Waals surface area contributed by atoms with Crippen molar-refractivity contribution in [1.82, 2.24) is 0 Å². The number of carbonyl (C=O) groups is 1. The SMILES string of the molecule is Cc1cc(Cl)ccc1C(=O)Nc1ccc(CC#N)cc1. The van der Waals surface area contributed by atoms with E-state index in [1.54, 1.807) is 30.3 Å². The zero-order chi connectivity index (χ0) is 14.5. The first-order chi connectivity index (χ1) is 9.60. The van der Waals surface area contributed by atoms with Gasteiger partial charge in [-0.2, -0.15) is 5.26 Å². The van der Waals surface area contributed by atoms with Gasteiger partial charge < -0.3 is 5.32 Å². The summed E-state index contributed by atoms with van der Waals surface area (Å²) in [6, 6.07) is 14.5. The molecule has 0 unspecified atom stereocenters. The first-order valence-electron chi connectivity index (χ1n) is 6.13. The normalized spacial score (nSPS) is 9.85.